The summed E-state index contributed by atoms with van der Waals surface area (Å²) in [6.07, 6.45) is -0.107. The van der Waals surface area contributed by atoms with Crippen molar-refractivity contribution in [2.45, 2.75) is 19.4 Å². The minimum Gasteiger partial charge on any atom is -0.373 e. The van der Waals surface area contributed by atoms with E-state index in [0.29, 0.717) is 0 Å². The lowest BCUT2D eigenvalue weighted by Gasteiger charge is -2.16. The number of amides is 2. The number of hydrogen-bond donors (Lipinski definition) is 3. The van der Waals surface area contributed by atoms with E-state index >= 15 is 0 Å². The molecule has 86 valence electrons. The number of primary amides is 2. The second-order valence-electron chi connectivity index (χ2n) is 3.58. The summed E-state index contributed by atoms with van der Waals surface area (Å²) in [6, 6.07) is 6.65. The highest BCUT2D eigenvalue weighted by molar-refractivity contribution is 5.89. The Labute approximate surface area is 93.8 Å². The molecule has 1 aromatic carbocycles. The summed E-state index contributed by atoms with van der Waals surface area (Å²) in [7, 11) is 0. The van der Waals surface area contributed by atoms with Crippen molar-refractivity contribution in [1.29, 1.82) is 0 Å². The Morgan fingerprint density at radius 2 is 1.94 bits per heavy atom. The van der Waals surface area contributed by atoms with E-state index in [1.165, 1.54) is 0 Å². The van der Waals surface area contributed by atoms with Crippen molar-refractivity contribution in [3.63, 3.8) is 0 Å². The van der Waals surface area contributed by atoms with E-state index in [1.807, 2.05) is 31.2 Å². The SMILES string of the molecule is Cc1ccccc1NC(CC(N)=O)C(N)=O. The maximum Gasteiger partial charge on any atom is 0.240 e. The first-order valence-corrected chi connectivity index (χ1v) is 4.90. The molecule has 5 N–H and O–H groups in total. The van der Waals surface area contributed by atoms with E-state index in [9.17, 15) is 9.59 Å². The Morgan fingerprint density at radius 1 is 1.31 bits per heavy atom. The Kier molecular flexibility index (Phi) is 3.88. The normalized spacial score (nSPS) is 11.8. The first kappa shape index (κ1) is 12.0. The van der Waals surface area contributed by atoms with Crippen molar-refractivity contribution >= 4 is 17.5 Å². The summed E-state index contributed by atoms with van der Waals surface area (Å²) in [5, 5.41) is 2.90. The minimum atomic E-state index is -0.765. The monoisotopic (exact) mass is 221 g/mol. The third-order valence-electron chi connectivity index (χ3n) is 2.22. The van der Waals surface area contributed by atoms with Crippen molar-refractivity contribution in [1.82, 2.24) is 0 Å². The molecule has 0 fully saturated rings. The van der Waals surface area contributed by atoms with Gasteiger partial charge in [0.1, 0.15) is 6.04 Å². The minimum absolute atomic E-state index is 0.107. The van der Waals surface area contributed by atoms with Crippen LogP contribution in [0.25, 0.3) is 0 Å². The van der Waals surface area contributed by atoms with Crippen LogP contribution in [-0.4, -0.2) is 17.9 Å². The Hall–Kier alpha value is -2.04. The lowest BCUT2D eigenvalue weighted by Crippen LogP contribution is -2.38. The van der Waals surface area contributed by atoms with Gasteiger partial charge in [0.25, 0.3) is 0 Å². The summed E-state index contributed by atoms with van der Waals surface area (Å²) >= 11 is 0. The molecule has 0 bridgehead atoms. The molecule has 0 aliphatic rings. The predicted octanol–water partition coefficient (Wildman–Crippen LogP) is 0.136. The summed E-state index contributed by atoms with van der Waals surface area (Å²) in [4.78, 5) is 21.9. The molecule has 1 rings (SSSR count). The molecule has 0 saturated carbocycles. The van der Waals surface area contributed by atoms with Gasteiger partial charge in [0.15, 0.2) is 0 Å². The van der Waals surface area contributed by atoms with Gasteiger partial charge in [0.2, 0.25) is 11.8 Å². The number of benzene rings is 1. The van der Waals surface area contributed by atoms with Crippen molar-refractivity contribution in [3.8, 4) is 0 Å². The third-order valence-corrected chi connectivity index (χ3v) is 2.22. The summed E-state index contributed by atoms with van der Waals surface area (Å²) < 4.78 is 0. The van der Waals surface area contributed by atoms with E-state index in [4.69, 9.17) is 11.5 Å². The van der Waals surface area contributed by atoms with Crippen LogP contribution in [0.2, 0.25) is 0 Å². The zero-order chi connectivity index (χ0) is 12.1. The third kappa shape index (κ3) is 3.27. The van der Waals surface area contributed by atoms with Gasteiger partial charge in [-0.1, -0.05) is 18.2 Å². The van der Waals surface area contributed by atoms with E-state index in [1.54, 1.807) is 0 Å². The second-order valence-corrected chi connectivity index (χ2v) is 3.58. The number of nitrogens with one attached hydrogen (secondary N) is 1. The van der Waals surface area contributed by atoms with Crippen LogP contribution < -0.4 is 16.8 Å². The van der Waals surface area contributed by atoms with E-state index in [2.05, 4.69) is 5.32 Å². The lowest BCUT2D eigenvalue weighted by atomic mass is 10.1. The van der Waals surface area contributed by atoms with Crippen molar-refractivity contribution < 1.29 is 9.59 Å². The summed E-state index contributed by atoms with van der Waals surface area (Å²) in [5.41, 5.74) is 12.0. The number of carbonyl (C=O) groups excluding carboxylic acids is 2. The highest BCUT2D eigenvalue weighted by atomic mass is 16.2. The van der Waals surface area contributed by atoms with Gasteiger partial charge in [-0.15, -0.1) is 0 Å². The largest absolute Gasteiger partial charge is 0.373 e. The molecule has 0 aromatic heterocycles. The Bertz CT molecular complexity index is 404. The molecule has 0 heterocycles. The van der Waals surface area contributed by atoms with Crippen LogP contribution in [0.3, 0.4) is 0 Å². The molecule has 5 nitrogen and oxygen atoms in total. The number of aryl methyl sites for hydroxylation is 1. The smallest absolute Gasteiger partial charge is 0.240 e. The first-order chi connectivity index (χ1) is 7.50. The molecule has 0 spiro atoms. The van der Waals surface area contributed by atoms with Gasteiger partial charge in [-0.2, -0.15) is 0 Å². The van der Waals surface area contributed by atoms with E-state index < -0.39 is 17.9 Å². The average Bonchev–Trinajstić information content (AvgIpc) is 2.19. The van der Waals surface area contributed by atoms with E-state index in [-0.39, 0.29) is 6.42 Å². The Morgan fingerprint density at radius 3 is 2.44 bits per heavy atom. The fourth-order valence-electron chi connectivity index (χ4n) is 1.35. The molecular formula is C11H15N3O2. The highest BCUT2D eigenvalue weighted by Gasteiger charge is 2.18. The topological polar surface area (TPSA) is 98.2 Å². The molecular weight excluding hydrogens is 206 g/mol. The van der Waals surface area contributed by atoms with Gasteiger partial charge in [0.05, 0.1) is 6.42 Å². The van der Waals surface area contributed by atoms with Crippen LogP contribution in [0.15, 0.2) is 24.3 Å². The van der Waals surface area contributed by atoms with Crippen LogP contribution in [0, 0.1) is 6.92 Å². The second kappa shape index (κ2) is 5.16. The van der Waals surface area contributed by atoms with Crippen LogP contribution in [0.5, 0.6) is 0 Å². The molecule has 1 unspecified atom stereocenters. The quantitative estimate of drug-likeness (QED) is 0.659. The van der Waals surface area contributed by atoms with Crippen LogP contribution >= 0.6 is 0 Å². The molecule has 16 heavy (non-hydrogen) atoms. The lowest BCUT2D eigenvalue weighted by molar-refractivity contribution is -0.123. The summed E-state index contributed by atoms with van der Waals surface area (Å²) in [6.45, 7) is 1.89. The van der Waals surface area contributed by atoms with Crippen molar-refractivity contribution in [2.75, 3.05) is 5.32 Å². The van der Waals surface area contributed by atoms with Crippen LogP contribution in [-0.2, 0) is 9.59 Å². The number of nitrogens with two attached hydrogens (primary N) is 2. The van der Waals surface area contributed by atoms with Gasteiger partial charge in [-0.25, -0.2) is 0 Å². The maximum absolute atomic E-state index is 11.1. The van der Waals surface area contributed by atoms with Crippen LogP contribution in [0.4, 0.5) is 5.69 Å². The number of carbonyl (C=O) groups is 2. The first-order valence-electron chi connectivity index (χ1n) is 4.90. The van der Waals surface area contributed by atoms with Crippen molar-refractivity contribution in [2.24, 2.45) is 11.5 Å². The van der Waals surface area contributed by atoms with E-state index in [0.717, 1.165) is 11.3 Å². The number of hydrogen-bond acceptors (Lipinski definition) is 3. The highest BCUT2D eigenvalue weighted by Crippen LogP contribution is 2.15. The number of anilines is 1. The molecule has 0 saturated heterocycles. The zero-order valence-corrected chi connectivity index (χ0v) is 9.07. The van der Waals surface area contributed by atoms with Gasteiger partial charge in [-0.05, 0) is 18.6 Å². The molecule has 0 radical (unpaired) electrons. The molecule has 1 atom stereocenters. The standard InChI is InChI=1S/C11H15N3O2/c1-7-4-2-3-5-8(7)14-9(11(13)16)6-10(12)15/h2-5,9,14H,6H2,1H3,(H2,12,15)(H2,13,16). The molecule has 1 aromatic rings. The predicted molar refractivity (Wildman–Crippen MR) is 61.6 cm³/mol. The number of rotatable bonds is 5. The molecule has 2 amide bonds. The zero-order valence-electron chi connectivity index (χ0n) is 9.07. The fraction of sp³-hybridized carbons (Fsp3) is 0.273. The number of para-hydroxylation sites is 1. The molecule has 5 heteroatoms. The van der Waals surface area contributed by atoms with Gasteiger partial charge in [-0.3, -0.25) is 9.59 Å². The van der Waals surface area contributed by atoms with Gasteiger partial charge in [0, 0.05) is 5.69 Å². The van der Waals surface area contributed by atoms with Crippen molar-refractivity contribution in [3.05, 3.63) is 29.8 Å². The average molecular weight is 221 g/mol. The Balaban J connectivity index is 2.80. The van der Waals surface area contributed by atoms with Crippen LogP contribution in [0.1, 0.15) is 12.0 Å². The fourth-order valence-corrected chi connectivity index (χ4v) is 1.35. The van der Waals surface area contributed by atoms with Gasteiger partial charge < -0.3 is 16.8 Å². The summed E-state index contributed by atoms with van der Waals surface area (Å²) in [5.74, 6) is -1.16. The van der Waals surface area contributed by atoms with Gasteiger partial charge >= 0.3 is 0 Å². The maximum atomic E-state index is 11.1. The molecule has 0 aliphatic heterocycles. The molecule has 0 aliphatic carbocycles.